The minimum atomic E-state index is 0.363. The summed E-state index contributed by atoms with van der Waals surface area (Å²) in [6.45, 7) is 2.25. The molecule has 0 aromatic heterocycles. The molecule has 0 bridgehead atoms. The first-order chi connectivity index (χ1) is 13.7. The SMILES string of the molecule is CCCCCCCCc1ccc(O)cc1.Oc1ccc(C2CCCCC2)cc1. The summed E-state index contributed by atoms with van der Waals surface area (Å²) in [6, 6.07) is 15.3. The van der Waals surface area contributed by atoms with Crippen molar-refractivity contribution in [2.45, 2.75) is 89.9 Å². The summed E-state index contributed by atoms with van der Waals surface area (Å²) in [5.41, 5.74) is 2.74. The summed E-state index contributed by atoms with van der Waals surface area (Å²) in [6.07, 6.45) is 16.0. The molecule has 1 saturated carbocycles. The van der Waals surface area contributed by atoms with Crippen LogP contribution in [-0.4, -0.2) is 10.2 Å². The van der Waals surface area contributed by atoms with Crippen LogP contribution in [0.25, 0.3) is 0 Å². The number of aryl methyl sites for hydroxylation is 1. The van der Waals surface area contributed by atoms with Crippen LogP contribution in [0.5, 0.6) is 11.5 Å². The van der Waals surface area contributed by atoms with Crippen LogP contribution in [0.4, 0.5) is 0 Å². The smallest absolute Gasteiger partial charge is 0.115 e. The third-order valence-electron chi connectivity index (χ3n) is 5.73. The van der Waals surface area contributed by atoms with Gasteiger partial charge in [0.1, 0.15) is 11.5 Å². The van der Waals surface area contributed by atoms with Crippen molar-refractivity contribution in [3.8, 4) is 11.5 Å². The number of unbranched alkanes of at least 4 members (excludes halogenated alkanes) is 5. The Bertz CT molecular complexity index is 624. The van der Waals surface area contributed by atoms with Crippen molar-refractivity contribution in [3.05, 3.63) is 59.7 Å². The van der Waals surface area contributed by atoms with Crippen molar-refractivity contribution in [3.63, 3.8) is 0 Å². The third-order valence-corrected chi connectivity index (χ3v) is 5.73. The van der Waals surface area contributed by atoms with Gasteiger partial charge in [-0.15, -0.1) is 0 Å². The van der Waals surface area contributed by atoms with Crippen LogP contribution < -0.4 is 0 Å². The van der Waals surface area contributed by atoms with Gasteiger partial charge in [-0.2, -0.15) is 0 Å². The van der Waals surface area contributed by atoms with Crippen LogP contribution in [-0.2, 0) is 6.42 Å². The zero-order valence-corrected chi connectivity index (χ0v) is 17.6. The third kappa shape index (κ3) is 8.82. The maximum absolute atomic E-state index is 9.16. The Kier molecular flexibility index (Phi) is 10.6. The van der Waals surface area contributed by atoms with Crippen molar-refractivity contribution in [1.29, 1.82) is 0 Å². The van der Waals surface area contributed by atoms with Crippen LogP contribution >= 0.6 is 0 Å². The maximum atomic E-state index is 9.16. The van der Waals surface area contributed by atoms with Gasteiger partial charge >= 0.3 is 0 Å². The normalized spacial score (nSPS) is 14.3. The van der Waals surface area contributed by atoms with Crippen molar-refractivity contribution in [1.82, 2.24) is 0 Å². The Morgan fingerprint density at radius 1 is 0.679 bits per heavy atom. The van der Waals surface area contributed by atoms with Gasteiger partial charge < -0.3 is 10.2 Å². The Hall–Kier alpha value is -1.96. The van der Waals surface area contributed by atoms with E-state index in [9.17, 15) is 0 Å². The molecule has 2 nitrogen and oxygen atoms in total. The van der Waals surface area contributed by atoms with Crippen LogP contribution in [0, 0.1) is 0 Å². The molecule has 0 amide bonds. The average molecular weight is 383 g/mol. The molecule has 1 aliphatic carbocycles. The maximum Gasteiger partial charge on any atom is 0.115 e. The Morgan fingerprint density at radius 2 is 1.21 bits per heavy atom. The molecule has 0 atom stereocenters. The highest BCUT2D eigenvalue weighted by Gasteiger charge is 2.14. The van der Waals surface area contributed by atoms with E-state index in [-0.39, 0.29) is 0 Å². The van der Waals surface area contributed by atoms with E-state index in [1.165, 1.54) is 81.8 Å². The summed E-state index contributed by atoms with van der Waals surface area (Å²) in [5.74, 6) is 1.48. The lowest BCUT2D eigenvalue weighted by atomic mass is 9.84. The predicted molar refractivity (Wildman–Crippen MR) is 119 cm³/mol. The zero-order valence-electron chi connectivity index (χ0n) is 17.6. The Balaban J connectivity index is 0.000000202. The van der Waals surface area contributed by atoms with Gasteiger partial charge in [0.05, 0.1) is 0 Å². The molecule has 0 heterocycles. The lowest BCUT2D eigenvalue weighted by Crippen LogP contribution is -2.03. The molecule has 2 aromatic rings. The number of rotatable bonds is 8. The van der Waals surface area contributed by atoms with Gasteiger partial charge in [-0.25, -0.2) is 0 Å². The Labute approximate surface area is 171 Å². The van der Waals surface area contributed by atoms with Gasteiger partial charge in [0.15, 0.2) is 0 Å². The summed E-state index contributed by atoms with van der Waals surface area (Å²) in [7, 11) is 0. The number of aromatic hydroxyl groups is 2. The first kappa shape index (κ1) is 22.3. The van der Waals surface area contributed by atoms with Gasteiger partial charge in [0.2, 0.25) is 0 Å². The number of phenols is 2. The fourth-order valence-electron chi connectivity index (χ4n) is 3.95. The quantitative estimate of drug-likeness (QED) is 0.458. The second-order valence-electron chi connectivity index (χ2n) is 8.11. The van der Waals surface area contributed by atoms with Gasteiger partial charge in [-0.3, -0.25) is 0 Å². The molecule has 0 spiro atoms. The summed E-state index contributed by atoms with van der Waals surface area (Å²) in [4.78, 5) is 0. The first-order valence-corrected chi connectivity index (χ1v) is 11.3. The number of hydrogen-bond donors (Lipinski definition) is 2. The summed E-state index contributed by atoms with van der Waals surface area (Å²) < 4.78 is 0. The minimum Gasteiger partial charge on any atom is -0.508 e. The fraction of sp³-hybridized carbons (Fsp3) is 0.538. The molecular weight excluding hydrogens is 344 g/mol. The van der Waals surface area contributed by atoms with Crippen LogP contribution in [0.15, 0.2) is 48.5 Å². The first-order valence-electron chi connectivity index (χ1n) is 11.3. The highest BCUT2D eigenvalue weighted by atomic mass is 16.3. The van der Waals surface area contributed by atoms with E-state index in [1.54, 1.807) is 24.3 Å². The van der Waals surface area contributed by atoms with Crippen molar-refractivity contribution in [2.24, 2.45) is 0 Å². The topological polar surface area (TPSA) is 40.5 Å². The summed E-state index contributed by atoms with van der Waals surface area (Å²) >= 11 is 0. The van der Waals surface area contributed by atoms with Crippen molar-refractivity contribution in [2.75, 3.05) is 0 Å². The number of benzene rings is 2. The van der Waals surface area contributed by atoms with Crippen molar-refractivity contribution < 1.29 is 10.2 Å². The molecule has 0 unspecified atom stereocenters. The fourth-order valence-corrected chi connectivity index (χ4v) is 3.95. The highest BCUT2D eigenvalue weighted by Crippen LogP contribution is 2.32. The van der Waals surface area contributed by atoms with E-state index in [0.717, 1.165) is 12.3 Å². The van der Waals surface area contributed by atoms with E-state index in [1.807, 2.05) is 12.1 Å². The van der Waals surface area contributed by atoms with Crippen LogP contribution in [0.3, 0.4) is 0 Å². The zero-order chi connectivity index (χ0) is 20.0. The second-order valence-corrected chi connectivity index (χ2v) is 8.11. The van der Waals surface area contributed by atoms with Crippen LogP contribution in [0.1, 0.15) is 94.6 Å². The molecule has 0 saturated heterocycles. The lowest BCUT2D eigenvalue weighted by Gasteiger charge is -2.21. The van der Waals surface area contributed by atoms with Gasteiger partial charge in [0.25, 0.3) is 0 Å². The van der Waals surface area contributed by atoms with Gasteiger partial charge in [-0.05, 0) is 67.0 Å². The monoisotopic (exact) mass is 382 g/mol. The van der Waals surface area contributed by atoms with Gasteiger partial charge in [0, 0.05) is 0 Å². The standard InChI is InChI=1S/C14H22O.C12H16O/c1-2-3-4-5-6-7-8-13-9-11-14(15)12-10-13;13-12-8-6-11(7-9-12)10-4-2-1-3-5-10/h9-12,15H,2-8H2,1H3;6-10,13H,1-5H2. The molecule has 0 radical (unpaired) electrons. The largest absolute Gasteiger partial charge is 0.508 e. The second kappa shape index (κ2) is 13.3. The molecule has 3 rings (SSSR count). The minimum absolute atomic E-state index is 0.363. The van der Waals surface area contributed by atoms with Crippen LogP contribution in [0.2, 0.25) is 0 Å². The molecule has 28 heavy (non-hydrogen) atoms. The number of hydrogen-bond acceptors (Lipinski definition) is 2. The average Bonchev–Trinajstić information content (AvgIpc) is 2.74. The van der Waals surface area contributed by atoms with Crippen molar-refractivity contribution >= 4 is 0 Å². The highest BCUT2D eigenvalue weighted by molar-refractivity contribution is 5.28. The van der Waals surface area contributed by atoms with E-state index >= 15 is 0 Å². The molecule has 1 fully saturated rings. The Morgan fingerprint density at radius 3 is 1.82 bits per heavy atom. The molecule has 2 heteroatoms. The predicted octanol–water partition coefficient (Wildman–Crippen LogP) is 7.74. The molecular formula is C26H38O2. The molecule has 154 valence electrons. The summed E-state index contributed by atoms with van der Waals surface area (Å²) in [5, 5.41) is 18.3. The van der Waals surface area contributed by atoms with E-state index in [4.69, 9.17) is 10.2 Å². The molecule has 1 aliphatic rings. The van der Waals surface area contributed by atoms with E-state index < -0.39 is 0 Å². The molecule has 2 aromatic carbocycles. The lowest BCUT2D eigenvalue weighted by molar-refractivity contribution is 0.442. The van der Waals surface area contributed by atoms with E-state index in [2.05, 4.69) is 19.1 Å². The number of phenolic OH excluding ortho intramolecular Hbond substituents is 2. The molecule has 2 N–H and O–H groups in total. The van der Waals surface area contributed by atoms with Gasteiger partial charge in [-0.1, -0.05) is 82.6 Å². The molecule has 0 aliphatic heterocycles. The van der Waals surface area contributed by atoms with E-state index in [0.29, 0.717) is 11.5 Å².